The largest absolute Gasteiger partial charge is 0.497 e. The number of amides is 1. The number of aliphatic hydroxyl groups excluding tert-OH is 1. The van der Waals surface area contributed by atoms with E-state index in [2.05, 4.69) is 0 Å². The first-order chi connectivity index (χ1) is 17.0. The molecule has 0 saturated carbocycles. The van der Waals surface area contributed by atoms with Crippen LogP contribution in [0, 0.1) is 6.92 Å². The summed E-state index contributed by atoms with van der Waals surface area (Å²) in [6.45, 7) is 3.05. The molecule has 5 rings (SSSR count). The van der Waals surface area contributed by atoms with Gasteiger partial charge >= 0.3 is 0 Å². The third-order valence-corrected chi connectivity index (χ3v) is 6.42. The number of imidazole rings is 1. The van der Waals surface area contributed by atoms with Crippen LogP contribution in [-0.4, -0.2) is 46.9 Å². The lowest BCUT2D eigenvalue weighted by Crippen LogP contribution is -2.26. The van der Waals surface area contributed by atoms with Gasteiger partial charge in [-0.25, -0.2) is 4.98 Å². The Bertz CT molecular complexity index is 1310. The van der Waals surface area contributed by atoms with Crippen LogP contribution in [0.25, 0.3) is 11.0 Å². The summed E-state index contributed by atoms with van der Waals surface area (Å²) in [7, 11) is 1.62. The normalized spacial score (nSPS) is 16.6. The lowest BCUT2D eigenvalue weighted by molar-refractivity contribution is -0.117. The van der Waals surface area contributed by atoms with Gasteiger partial charge in [0, 0.05) is 24.6 Å². The van der Waals surface area contributed by atoms with E-state index in [-0.39, 0.29) is 18.4 Å². The smallest absolute Gasteiger partial charge is 0.227 e. The van der Waals surface area contributed by atoms with Crippen LogP contribution in [0.1, 0.15) is 23.7 Å². The molecule has 0 bridgehead atoms. The maximum Gasteiger partial charge on any atom is 0.227 e. The minimum atomic E-state index is -0.751. The Morgan fingerprint density at radius 1 is 1.03 bits per heavy atom. The number of fused-ring (bicyclic) bond motifs is 1. The van der Waals surface area contributed by atoms with Crippen molar-refractivity contribution < 1.29 is 19.4 Å². The molecule has 2 atom stereocenters. The van der Waals surface area contributed by atoms with Crippen LogP contribution in [0.2, 0.25) is 0 Å². The average molecular weight is 472 g/mol. The third-order valence-electron chi connectivity index (χ3n) is 6.42. The Balaban J connectivity index is 1.35. The van der Waals surface area contributed by atoms with Crippen LogP contribution < -0.4 is 14.4 Å². The van der Waals surface area contributed by atoms with Crippen molar-refractivity contribution in [1.82, 2.24) is 9.55 Å². The fraction of sp³-hybridized carbons (Fsp3) is 0.286. The maximum absolute atomic E-state index is 12.9. The fourth-order valence-corrected chi connectivity index (χ4v) is 4.58. The molecule has 4 aromatic rings. The lowest BCUT2D eigenvalue weighted by atomic mass is 10.1. The summed E-state index contributed by atoms with van der Waals surface area (Å²) in [6, 6.07) is 23.1. The molecule has 7 nitrogen and oxygen atoms in total. The molecule has 3 aromatic carbocycles. The predicted molar refractivity (Wildman–Crippen MR) is 135 cm³/mol. The highest BCUT2D eigenvalue weighted by molar-refractivity contribution is 5.96. The molecule has 1 fully saturated rings. The van der Waals surface area contributed by atoms with Crippen molar-refractivity contribution in [3.63, 3.8) is 0 Å². The second-order valence-corrected chi connectivity index (χ2v) is 8.95. The SMILES string of the molecule is COc1ccc(OC[C@@H](O)Cn2c([C@H]3CC(=O)N(c4ccc(C)cc4)C3)nc3ccccc32)cc1. The number of para-hydroxylation sites is 2. The summed E-state index contributed by atoms with van der Waals surface area (Å²) < 4.78 is 13.0. The highest BCUT2D eigenvalue weighted by Crippen LogP contribution is 2.33. The van der Waals surface area contributed by atoms with E-state index < -0.39 is 6.10 Å². The third kappa shape index (κ3) is 4.86. The van der Waals surface area contributed by atoms with Gasteiger partial charge in [-0.2, -0.15) is 0 Å². The Morgan fingerprint density at radius 2 is 1.74 bits per heavy atom. The minimum absolute atomic E-state index is 0.0640. The Labute approximate surface area is 204 Å². The molecule has 2 heterocycles. The highest BCUT2D eigenvalue weighted by Gasteiger charge is 2.35. The van der Waals surface area contributed by atoms with Crippen LogP contribution in [0.5, 0.6) is 11.5 Å². The Kier molecular flexibility index (Phi) is 6.42. The molecular weight excluding hydrogens is 442 g/mol. The number of hydrogen-bond acceptors (Lipinski definition) is 5. The minimum Gasteiger partial charge on any atom is -0.497 e. The summed E-state index contributed by atoms with van der Waals surface area (Å²) in [6.07, 6.45) is -0.367. The number of aryl methyl sites for hydroxylation is 1. The topological polar surface area (TPSA) is 76.8 Å². The summed E-state index contributed by atoms with van der Waals surface area (Å²) >= 11 is 0. The molecule has 0 unspecified atom stereocenters. The number of rotatable bonds is 8. The van der Waals surface area contributed by atoms with E-state index in [1.165, 1.54) is 0 Å². The molecular formula is C28H29N3O4. The molecule has 180 valence electrons. The fourth-order valence-electron chi connectivity index (χ4n) is 4.58. The summed E-state index contributed by atoms with van der Waals surface area (Å²) in [4.78, 5) is 19.6. The molecule has 0 radical (unpaired) electrons. The van der Waals surface area contributed by atoms with Crippen molar-refractivity contribution in [3.05, 3.63) is 84.2 Å². The van der Waals surface area contributed by atoms with E-state index in [0.29, 0.717) is 25.3 Å². The molecule has 1 N–H and O–H groups in total. The maximum atomic E-state index is 12.9. The number of anilines is 1. The van der Waals surface area contributed by atoms with E-state index in [1.54, 1.807) is 7.11 Å². The van der Waals surface area contributed by atoms with Crippen LogP contribution in [0.15, 0.2) is 72.8 Å². The zero-order chi connectivity index (χ0) is 24.4. The number of carbonyl (C=O) groups is 1. The van der Waals surface area contributed by atoms with E-state index in [0.717, 1.165) is 33.9 Å². The van der Waals surface area contributed by atoms with Gasteiger partial charge < -0.3 is 24.0 Å². The summed E-state index contributed by atoms with van der Waals surface area (Å²) in [5.74, 6) is 2.25. The number of aliphatic hydroxyl groups is 1. The molecule has 1 aliphatic rings. The first kappa shape index (κ1) is 22.9. The molecule has 0 aliphatic carbocycles. The number of ether oxygens (including phenoxy) is 2. The number of benzene rings is 3. The van der Waals surface area contributed by atoms with Gasteiger partial charge in [0.25, 0.3) is 0 Å². The van der Waals surface area contributed by atoms with Crippen molar-refractivity contribution in [2.24, 2.45) is 0 Å². The van der Waals surface area contributed by atoms with Gasteiger partial charge in [0.1, 0.15) is 30.0 Å². The predicted octanol–water partition coefficient (Wildman–Crippen LogP) is 4.31. The molecule has 1 saturated heterocycles. The first-order valence-electron chi connectivity index (χ1n) is 11.8. The number of carbonyl (C=O) groups excluding carboxylic acids is 1. The first-order valence-corrected chi connectivity index (χ1v) is 11.8. The van der Waals surface area contributed by atoms with Gasteiger partial charge in [0.15, 0.2) is 0 Å². The molecule has 1 aromatic heterocycles. The van der Waals surface area contributed by atoms with Gasteiger partial charge in [-0.15, -0.1) is 0 Å². The second kappa shape index (κ2) is 9.80. The second-order valence-electron chi connectivity index (χ2n) is 8.95. The van der Waals surface area contributed by atoms with Gasteiger partial charge in [-0.1, -0.05) is 29.8 Å². The zero-order valence-electron chi connectivity index (χ0n) is 19.9. The molecule has 7 heteroatoms. The lowest BCUT2D eigenvalue weighted by Gasteiger charge is -2.19. The van der Waals surface area contributed by atoms with Crippen molar-refractivity contribution in [3.8, 4) is 11.5 Å². The van der Waals surface area contributed by atoms with Crippen LogP contribution in [0.3, 0.4) is 0 Å². The quantitative estimate of drug-likeness (QED) is 0.414. The van der Waals surface area contributed by atoms with Gasteiger partial charge in [0.2, 0.25) is 5.91 Å². The number of nitrogens with zero attached hydrogens (tertiary/aromatic N) is 3. The summed E-state index contributed by atoms with van der Waals surface area (Å²) in [5.41, 5.74) is 3.85. The number of methoxy groups -OCH3 is 1. The molecule has 0 spiro atoms. The number of aromatic nitrogens is 2. The Morgan fingerprint density at radius 3 is 2.49 bits per heavy atom. The van der Waals surface area contributed by atoms with Gasteiger partial charge in [0.05, 0.1) is 24.7 Å². The highest BCUT2D eigenvalue weighted by atomic mass is 16.5. The van der Waals surface area contributed by atoms with Crippen LogP contribution >= 0.6 is 0 Å². The Hall–Kier alpha value is -3.84. The van der Waals surface area contributed by atoms with Crippen molar-refractivity contribution >= 4 is 22.6 Å². The number of hydrogen-bond donors (Lipinski definition) is 1. The zero-order valence-corrected chi connectivity index (χ0v) is 19.9. The van der Waals surface area contributed by atoms with Crippen molar-refractivity contribution in [2.75, 3.05) is 25.2 Å². The standard InChI is InChI=1S/C28H29N3O4/c1-19-7-9-21(10-8-19)30-16-20(15-27(30)33)28-29-25-5-3-4-6-26(25)31(28)17-22(32)18-35-24-13-11-23(34-2)12-14-24/h3-14,20,22,32H,15-18H2,1-2H3/t20-,22-/m0/s1. The molecule has 35 heavy (non-hydrogen) atoms. The molecule has 1 amide bonds. The van der Waals surface area contributed by atoms with E-state index >= 15 is 0 Å². The van der Waals surface area contributed by atoms with E-state index in [9.17, 15) is 9.90 Å². The van der Waals surface area contributed by atoms with Gasteiger partial charge in [-0.3, -0.25) is 4.79 Å². The van der Waals surface area contributed by atoms with E-state index in [1.807, 2.05) is 89.2 Å². The van der Waals surface area contributed by atoms with Crippen LogP contribution in [-0.2, 0) is 11.3 Å². The monoisotopic (exact) mass is 471 g/mol. The average Bonchev–Trinajstić information content (AvgIpc) is 3.44. The van der Waals surface area contributed by atoms with Gasteiger partial charge in [-0.05, 0) is 55.5 Å². The molecule has 1 aliphatic heterocycles. The van der Waals surface area contributed by atoms with E-state index in [4.69, 9.17) is 14.5 Å². The van der Waals surface area contributed by atoms with Crippen molar-refractivity contribution in [2.45, 2.75) is 31.9 Å². The summed E-state index contributed by atoms with van der Waals surface area (Å²) in [5, 5.41) is 10.8. The van der Waals surface area contributed by atoms with Crippen molar-refractivity contribution in [1.29, 1.82) is 0 Å². The van der Waals surface area contributed by atoms with Crippen LogP contribution in [0.4, 0.5) is 5.69 Å².